The summed E-state index contributed by atoms with van der Waals surface area (Å²) >= 11 is 0. The SMILES string of the molecule is CCC(=C=C(C)c1ccc(C)cc1)c1ccc(OC(=O)OC(C)(C)C)cc1. The van der Waals surface area contributed by atoms with E-state index in [1.165, 1.54) is 5.56 Å². The Kier molecular flexibility index (Phi) is 6.65. The van der Waals surface area contributed by atoms with E-state index < -0.39 is 11.8 Å². The van der Waals surface area contributed by atoms with Crippen LogP contribution in [0, 0.1) is 6.92 Å². The summed E-state index contributed by atoms with van der Waals surface area (Å²) in [5.41, 5.74) is 8.60. The van der Waals surface area contributed by atoms with Crippen LogP contribution in [0.5, 0.6) is 5.75 Å². The molecule has 0 spiro atoms. The van der Waals surface area contributed by atoms with Crippen LogP contribution in [0.25, 0.3) is 11.1 Å². The van der Waals surface area contributed by atoms with Gasteiger partial charge < -0.3 is 9.47 Å². The second-order valence-electron chi connectivity index (χ2n) is 7.54. The average Bonchev–Trinajstić information content (AvgIpc) is 2.59. The lowest BCUT2D eigenvalue weighted by Crippen LogP contribution is -2.25. The van der Waals surface area contributed by atoms with Crippen LogP contribution in [0.2, 0.25) is 0 Å². The van der Waals surface area contributed by atoms with Crippen molar-refractivity contribution in [1.82, 2.24) is 0 Å². The molecule has 2 aromatic rings. The van der Waals surface area contributed by atoms with Gasteiger partial charge in [0, 0.05) is 5.57 Å². The van der Waals surface area contributed by atoms with Crippen molar-refractivity contribution in [2.24, 2.45) is 0 Å². The third kappa shape index (κ3) is 6.47. The molecule has 0 atom stereocenters. The lowest BCUT2D eigenvalue weighted by atomic mass is 10.0. The van der Waals surface area contributed by atoms with Crippen molar-refractivity contribution >= 4 is 17.3 Å². The highest BCUT2D eigenvalue weighted by molar-refractivity contribution is 5.74. The molecule has 142 valence electrons. The molecule has 0 bridgehead atoms. The Morgan fingerprint density at radius 2 is 1.52 bits per heavy atom. The molecule has 0 saturated carbocycles. The second kappa shape index (κ2) is 8.75. The van der Waals surface area contributed by atoms with E-state index in [1.54, 1.807) is 32.9 Å². The number of carbonyl (C=O) groups is 1. The number of carbonyl (C=O) groups excluding carboxylic acids is 1. The van der Waals surface area contributed by atoms with Gasteiger partial charge in [-0.2, -0.15) is 0 Å². The van der Waals surface area contributed by atoms with Crippen molar-refractivity contribution in [3.05, 3.63) is 71.0 Å². The minimum absolute atomic E-state index is 0.461. The first kappa shape index (κ1) is 20.5. The topological polar surface area (TPSA) is 35.5 Å². The molecule has 0 heterocycles. The lowest BCUT2D eigenvalue weighted by Gasteiger charge is -2.18. The first-order valence-corrected chi connectivity index (χ1v) is 9.22. The summed E-state index contributed by atoms with van der Waals surface area (Å²) in [6, 6.07) is 15.9. The molecule has 0 unspecified atom stereocenters. The van der Waals surface area contributed by atoms with Gasteiger partial charge in [-0.25, -0.2) is 4.79 Å². The molecule has 0 aromatic heterocycles. The first-order valence-electron chi connectivity index (χ1n) is 9.22. The van der Waals surface area contributed by atoms with Crippen molar-refractivity contribution in [1.29, 1.82) is 0 Å². The van der Waals surface area contributed by atoms with Crippen LogP contribution in [0.3, 0.4) is 0 Å². The molecular formula is C24H28O3. The first-order chi connectivity index (χ1) is 12.7. The zero-order valence-electron chi connectivity index (χ0n) is 17.1. The highest BCUT2D eigenvalue weighted by Gasteiger charge is 2.18. The quantitative estimate of drug-likeness (QED) is 0.340. The van der Waals surface area contributed by atoms with Gasteiger partial charge in [0.05, 0.1) is 0 Å². The Labute approximate surface area is 162 Å². The molecule has 0 aliphatic carbocycles. The van der Waals surface area contributed by atoms with Gasteiger partial charge >= 0.3 is 6.16 Å². The Morgan fingerprint density at radius 3 is 2.04 bits per heavy atom. The molecule has 0 saturated heterocycles. The van der Waals surface area contributed by atoms with Crippen LogP contribution >= 0.6 is 0 Å². The van der Waals surface area contributed by atoms with Gasteiger partial charge in [-0.1, -0.05) is 48.9 Å². The fourth-order valence-corrected chi connectivity index (χ4v) is 2.56. The molecule has 2 aromatic carbocycles. The number of aryl methyl sites for hydroxylation is 1. The Hall–Kier alpha value is -2.77. The molecule has 0 aliphatic heterocycles. The van der Waals surface area contributed by atoms with E-state index in [-0.39, 0.29) is 0 Å². The predicted octanol–water partition coefficient (Wildman–Crippen LogP) is 6.80. The monoisotopic (exact) mass is 364 g/mol. The normalized spacial score (nSPS) is 10.7. The smallest absolute Gasteiger partial charge is 0.428 e. The zero-order valence-corrected chi connectivity index (χ0v) is 17.1. The van der Waals surface area contributed by atoms with Crippen molar-refractivity contribution in [3.63, 3.8) is 0 Å². The van der Waals surface area contributed by atoms with E-state index in [2.05, 4.69) is 50.8 Å². The molecule has 0 aliphatic rings. The van der Waals surface area contributed by atoms with Crippen LogP contribution in [0.1, 0.15) is 57.7 Å². The minimum Gasteiger partial charge on any atom is -0.428 e. The Balaban J connectivity index is 2.21. The van der Waals surface area contributed by atoms with Crippen molar-refractivity contribution < 1.29 is 14.3 Å². The third-order valence-electron chi connectivity index (χ3n) is 3.97. The summed E-state index contributed by atoms with van der Waals surface area (Å²) < 4.78 is 10.4. The number of hydrogen-bond acceptors (Lipinski definition) is 3. The molecular weight excluding hydrogens is 336 g/mol. The van der Waals surface area contributed by atoms with Gasteiger partial charge in [0.2, 0.25) is 0 Å². The fourth-order valence-electron chi connectivity index (χ4n) is 2.56. The molecule has 0 radical (unpaired) electrons. The van der Waals surface area contributed by atoms with Gasteiger partial charge in [-0.05, 0) is 69.9 Å². The molecule has 0 N–H and O–H groups in total. The molecule has 3 heteroatoms. The van der Waals surface area contributed by atoms with E-state index in [9.17, 15) is 4.79 Å². The Bertz CT molecular complexity index is 844. The number of ether oxygens (including phenoxy) is 2. The van der Waals surface area contributed by atoms with E-state index in [0.29, 0.717) is 5.75 Å². The van der Waals surface area contributed by atoms with Gasteiger partial charge in [0.15, 0.2) is 0 Å². The third-order valence-corrected chi connectivity index (χ3v) is 3.97. The summed E-state index contributed by atoms with van der Waals surface area (Å²) in [4.78, 5) is 11.8. The minimum atomic E-state index is -0.698. The molecule has 2 rings (SSSR count). The summed E-state index contributed by atoms with van der Waals surface area (Å²) in [7, 11) is 0. The molecule has 0 fully saturated rings. The van der Waals surface area contributed by atoms with Crippen LogP contribution in [-0.4, -0.2) is 11.8 Å². The van der Waals surface area contributed by atoms with Gasteiger partial charge in [-0.3, -0.25) is 0 Å². The largest absolute Gasteiger partial charge is 0.514 e. The van der Waals surface area contributed by atoms with E-state index in [1.807, 2.05) is 12.1 Å². The van der Waals surface area contributed by atoms with Gasteiger partial charge in [0.25, 0.3) is 0 Å². The summed E-state index contributed by atoms with van der Waals surface area (Å²) in [5, 5.41) is 0. The van der Waals surface area contributed by atoms with Crippen LogP contribution in [-0.2, 0) is 4.74 Å². The standard InChI is InChI=1S/C24H28O3/c1-7-19(16-18(3)20-10-8-17(2)9-11-20)21-12-14-22(15-13-21)26-23(25)27-24(4,5)6/h8-15H,7H2,1-6H3. The number of hydrogen-bond donors (Lipinski definition) is 0. The maximum atomic E-state index is 11.8. The zero-order chi connectivity index (χ0) is 20.0. The van der Waals surface area contributed by atoms with Gasteiger partial charge in [0.1, 0.15) is 11.4 Å². The molecule has 0 amide bonds. The highest BCUT2D eigenvalue weighted by Crippen LogP contribution is 2.23. The molecule has 3 nitrogen and oxygen atoms in total. The van der Waals surface area contributed by atoms with Crippen LogP contribution in [0.4, 0.5) is 4.79 Å². The van der Waals surface area contributed by atoms with Crippen LogP contribution in [0.15, 0.2) is 54.3 Å². The lowest BCUT2D eigenvalue weighted by molar-refractivity contribution is 0.0206. The predicted molar refractivity (Wildman–Crippen MR) is 111 cm³/mol. The van der Waals surface area contributed by atoms with Crippen molar-refractivity contribution in [3.8, 4) is 5.75 Å². The fraction of sp³-hybridized carbons (Fsp3) is 0.333. The number of benzene rings is 2. The number of rotatable bonds is 4. The van der Waals surface area contributed by atoms with Crippen LogP contribution < -0.4 is 4.74 Å². The van der Waals surface area contributed by atoms with E-state index in [0.717, 1.165) is 28.7 Å². The van der Waals surface area contributed by atoms with E-state index in [4.69, 9.17) is 9.47 Å². The Morgan fingerprint density at radius 1 is 0.963 bits per heavy atom. The van der Waals surface area contributed by atoms with Crippen molar-refractivity contribution in [2.45, 2.75) is 53.6 Å². The summed E-state index contributed by atoms with van der Waals surface area (Å²) in [6.07, 6.45) is 0.159. The summed E-state index contributed by atoms with van der Waals surface area (Å²) in [5.74, 6) is 0.461. The maximum absolute atomic E-state index is 11.8. The summed E-state index contributed by atoms with van der Waals surface area (Å²) in [6.45, 7) is 11.7. The molecule has 27 heavy (non-hydrogen) atoms. The van der Waals surface area contributed by atoms with E-state index >= 15 is 0 Å². The highest BCUT2D eigenvalue weighted by atomic mass is 16.7. The second-order valence-corrected chi connectivity index (χ2v) is 7.54. The van der Waals surface area contributed by atoms with Gasteiger partial charge in [-0.15, -0.1) is 5.73 Å². The maximum Gasteiger partial charge on any atom is 0.514 e. The average molecular weight is 364 g/mol. The number of allylic oxidation sites excluding steroid dienone is 1. The van der Waals surface area contributed by atoms with Crippen molar-refractivity contribution in [2.75, 3.05) is 0 Å².